The predicted molar refractivity (Wildman–Crippen MR) is 80.4 cm³/mol. The number of amidine groups is 1. The lowest BCUT2D eigenvalue weighted by molar-refractivity contribution is 0.318. The van der Waals surface area contributed by atoms with E-state index in [1.807, 2.05) is 30.3 Å². The van der Waals surface area contributed by atoms with Crippen LogP contribution < -0.4 is 5.73 Å². The number of hydrogen-bond acceptors (Lipinski definition) is 6. The van der Waals surface area contributed by atoms with Crippen LogP contribution in [-0.2, 0) is 0 Å². The van der Waals surface area contributed by atoms with Gasteiger partial charge in [0.05, 0.1) is 5.52 Å². The number of rotatable bonds is 3. The van der Waals surface area contributed by atoms with Gasteiger partial charge in [0.2, 0.25) is 0 Å². The SMILES string of the molecule is N/C(=N/O)c1ccc(Sc2ncnc3ccccc23)cn1. The molecule has 0 unspecified atom stereocenters. The molecule has 0 aliphatic heterocycles. The first-order chi connectivity index (χ1) is 10.3. The van der Waals surface area contributed by atoms with Gasteiger partial charge in [-0.2, -0.15) is 0 Å². The van der Waals surface area contributed by atoms with E-state index in [2.05, 4.69) is 20.1 Å². The molecule has 0 fully saturated rings. The average molecular weight is 297 g/mol. The molecule has 0 saturated carbocycles. The highest BCUT2D eigenvalue weighted by Crippen LogP contribution is 2.30. The van der Waals surface area contributed by atoms with E-state index in [0.29, 0.717) is 5.69 Å². The fourth-order valence-electron chi connectivity index (χ4n) is 1.82. The first-order valence-electron chi connectivity index (χ1n) is 6.09. The molecule has 0 atom stereocenters. The number of pyridine rings is 1. The van der Waals surface area contributed by atoms with Crippen LogP contribution in [0.15, 0.2) is 64.0 Å². The van der Waals surface area contributed by atoms with Crippen LogP contribution in [0.25, 0.3) is 10.9 Å². The summed E-state index contributed by atoms with van der Waals surface area (Å²) in [5.74, 6) is -0.0148. The molecular weight excluding hydrogens is 286 g/mol. The first kappa shape index (κ1) is 13.3. The molecule has 21 heavy (non-hydrogen) atoms. The molecular formula is C14H11N5OS. The highest BCUT2D eigenvalue weighted by Gasteiger charge is 2.06. The summed E-state index contributed by atoms with van der Waals surface area (Å²) in [6, 6.07) is 11.4. The van der Waals surface area contributed by atoms with Gasteiger partial charge in [0.25, 0.3) is 0 Å². The van der Waals surface area contributed by atoms with Gasteiger partial charge in [-0.3, -0.25) is 4.98 Å². The van der Waals surface area contributed by atoms with Crippen molar-refractivity contribution in [1.82, 2.24) is 15.0 Å². The number of nitrogens with zero attached hydrogens (tertiary/aromatic N) is 4. The number of nitrogens with two attached hydrogens (primary N) is 1. The highest BCUT2D eigenvalue weighted by atomic mass is 32.2. The molecule has 7 heteroatoms. The molecule has 0 aliphatic carbocycles. The summed E-state index contributed by atoms with van der Waals surface area (Å²) in [7, 11) is 0. The minimum atomic E-state index is -0.0148. The summed E-state index contributed by atoms with van der Waals surface area (Å²) >= 11 is 1.49. The Balaban J connectivity index is 1.92. The number of benzene rings is 1. The minimum absolute atomic E-state index is 0.0148. The molecule has 0 saturated heterocycles. The second-order valence-corrected chi connectivity index (χ2v) is 5.22. The van der Waals surface area contributed by atoms with E-state index < -0.39 is 0 Å². The average Bonchev–Trinajstić information content (AvgIpc) is 2.55. The maximum absolute atomic E-state index is 8.61. The number of fused-ring (bicyclic) bond motifs is 1. The number of hydrogen-bond donors (Lipinski definition) is 2. The topological polar surface area (TPSA) is 97.3 Å². The van der Waals surface area contributed by atoms with Crippen molar-refractivity contribution < 1.29 is 5.21 Å². The quantitative estimate of drug-likeness (QED) is 0.253. The van der Waals surface area contributed by atoms with Gasteiger partial charge in [0.15, 0.2) is 5.84 Å². The zero-order valence-electron chi connectivity index (χ0n) is 10.8. The Bertz CT molecular complexity index is 799. The second-order valence-electron chi connectivity index (χ2n) is 4.16. The zero-order chi connectivity index (χ0) is 14.7. The summed E-state index contributed by atoms with van der Waals surface area (Å²) in [5, 5.41) is 13.4. The molecule has 2 heterocycles. The fourth-order valence-corrected chi connectivity index (χ4v) is 2.66. The Hall–Kier alpha value is -2.67. The third-order valence-corrected chi connectivity index (χ3v) is 3.82. The lowest BCUT2D eigenvalue weighted by Gasteiger charge is -2.05. The van der Waals surface area contributed by atoms with Gasteiger partial charge >= 0.3 is 0 Å². The molecule has 0 aliphatic rings. The van der Waals surface area contributed by atoms with Gasteiger partial charge in [-0.05, 0) is 18.2 Å². The lowest BCUT2D eigenvalue weighted by atomic mass is 10.2. The van der Waals surface area contributed by atoms with Crippen molar-refractivity contribution in [2.45, 2.75) is 9.92 Å². The van der Waals surface area contributed by atoms with Gasteiger partial charge in [0.1, 0.15) is 17.0 Å². The highest BCUT2D eigenvalue weighted by molar-refractivity contribution is 7.99. The van der Waals surface area contributed by atoms with Crippen LogP contribution in [0.4, 0.5) is 0 Å². The molecule has 0 amide bonds. The molecule has 0 radical (unpaired) electrons. The van der Waals surface area contributed by atoms with Gasteiger partial charge in [0, 0.05) is 16.5 Å². The standard InChI is InChI=1S/C14H11N5OS/c15-13(19-20)12-6-5-9(7-16-12)21-14-10-3-1-2-4-11(10)17-8-18-14/h1-8,20H,(H2,15,19). The van der Waals surface area contributed by atoms with Crippen molar-refractivity contribution >= 4 is 28.5 Å². The van der Waals surface area contributed by atoms with E-state index in [1.165, 1.54) is 11.8 Å². The number of oxime groups is 1. The molecule has 104 valence electrons. The summed E-state index contributed by atoms with van der Waals surface area (Å²) in [6.07, 6.45) is 3.21. The Labute approximate surface area is 124 Å². The Morgan fingerprint density at radius 2 is 1.95 bits per heavy atom. The van der Waals surface area contributed by atoms with Crippen LogP contribution in [0.3, 0.4) is 0 Å². The van der Waals surface area contributed by atoms with Crippen molar-refractivity contribution in [3.63, 3.8) is 0 Å². The van der Waals surface area contributed by atoms with E-state index in [0.717, 1.165) is 20.8 Å². The van der Waals surface area contributed by atoms with Crippen molar-refractivity contribution in [3.8, 4) is 0 Å². The molecule has 0 bridgehead atoms. The van der Waals surface area contributed by atoms with Gasteiger partial charge in [-0.15, -0.1) is 0 Å². The maximum Gasteiger partial charge on any atom is 0.188 e. The smallest absolute Gasteiger partial charge is 0.188 e. The van der Waals surface area contributed by atoms with E-state index in [-0.39, 0.29) is 5.84 Å². The van der Waals surface area contributed by atoms with Crippen LogP contribution in [0.5, 0.6) is 0 Å². The van der Waals surface area contributed by atoms with Gasteiger partial charge in [-0.1, -0.05) is 35.1 Å². The van der Waals surface area contributed by atoms with Crippen LogP contribution in [-0.4, -0.2) is 26.0 Å². The van der Waals surface area contributed by atoms with E-state index in [9.17, 15) is 0 Å². The molecule has 6 nitrogen and oxygen atoms in total. The van der Waals surface area contributed by atoms with E-state index in [4.69, 9.17) is 10.9 Å². The van der Waals surface area contributed by atoms with E-state index in [1.54, 1.807) is 18.6 Å². The van der Waals surface area contributed by atoms with Crippen molar-refractivity contribution in [1.29, 1.82) is 0 Å². The van der Waals surface area contributed by atoms with Crippen LogP contribution in [0.1, 0.15) is 5.69 Å². The normalized spacial score (nSPS) is 11.7. The molecule has 0 spiro atoms. The third-order valence-electron chi connectivity index (χ3n) is 2.83. The summed E-state index contributed by atoms with van der Waals surface area (Å²) in [5.41, 5.74) is 6.81. The largest absolute Gasteiger partial charge is 0.409 e. The summed E-state index contributed by atoms with van der Waals surface area (Å²) in [4.78, 5) is 13.6. The molecule has 2 aromatic heterocycles. The third kappa shape index (κ3) is 2.77. The minimum Gasteiger partial charge on any atom is -0.409 e. The fraction of sp³-hybridized carbons (Fsp3) is 0. The molecule has 3 aromatic rings. The second kappa shape index (κ2) is 5.76. The lowest BCUT2D eigenvalue weighted by Crippen LogP contribution is -2.14. The zero-order valence-corrected chi connectivity index (χ0v) is 11.7. The van der Waals surface area contributed by atoms with Crippen molar-refractivity contribution in [2.24, 2.45) is 10.9 Å². The van der Waals surface area contributed by atoms with Crippen LogP contribution in [0.2, 0.25) is 0 Å². The van der Waals surface area contributed by atoms with Crippen LogP contribution in [0, 0.1) is 0 Å². The van der Waals surface area contributed by atoms with Gasteiger partial charge in [-0.25, -0.2) is 9.97 Å². The predicted octanol–water partition coefficient (Wildman–Crippen LogP) is 2.27. The van der Waals surface area contributed by atoms with E-state index >= 15 is 0 Å². The Morgan fingerprint density at radius 3 is 2.71 bits per heavy atom. The summed E-state index contributed by atoms with van der Waals surface area (Å²) in [6.45, 7) is 0. The number of para-hydroxylation sites is 1. The molecule has 1 aromatic carbocycles. The van der Waals surface area contributed by atoms with Crippen molar-refractivity contribution in [2.75, 3.05) is 0 Å². The Kier molecular flexibility index (Phi) is 3.65. The molecule has 3 N–H and O–H groups in total. The Morgan fingerprint density at radius 1 is 1.10 bits per heavy atom. The monoisotopic (exact) mass is 297 g/mol. The first-order valence-corrected chi connectivity index (χ1v) is 6.91. The number of aromatic nitrogens is 3. The van der Waals surface area contributed by atoms with Crippen molar-refractivity contribution in [3.05, 3.63) is 54.6 Å². The maximum atomic E-state index is 8.61. The van der Waals surface area contributed by atoms with Crippen LogP contribution >= 0.6 is 11.8 Å². The molecule has 3 rings (SSSR count). The van der Waals surface area contributed by atoms with Gasteiger partial charge < -0.3 is 10.9 Å². The summed E-state index contributed by atoms with van der Waals surface area (Å²) < 4.78 is 0.